The third kappa shape index (κ3) is 1.39. The minimum absolute atomic E-state index is 0.110. The van der Waals surface area contributed by atoms with Crippen LogP contribution in [0, 0.1) is 0 Å². The van der Waals surface area contributed by atoms with Gasteiger partial charge in [0.05, 0.1) is 12.5 Å². The molecular formula is C10H10F2N2O4. The Hall–Kier alpha value is -1.54. The lowest BCUT2D eigenvalue weighted by Gasteiger charge is -2.15. The van der Waals surface area contributed by atoms with Gasteiger partial charge in [0.2, 0.25) is 0 Å². The number of hydrogen-bond acceptors (Lipinski definition) is 4. The fraction of sp³-hybridized carbons (Fsp3) is 0.600. The standard InChI is InChI=1S/C10H10F2N2O4/c11-10(12)4-9(10)5(15)3-7(18-9)14-2-1-6(16)13-8(14)17/h1-2,5,7,15H,3-4H2,(H,13,16,17)/t5-,7+,9-/m0/s1. The van der Waals surface area contributed by atoms with E-state index in [-0.39, 0.29) is 6.42 Å². The lowest BCUT2D eigenvalue weighted by Crippen LogP contribution is -2.32. The number of nitrogens with one attached hydrogen (secondary N) is 1. The highest BCUT2D eigenvalue weighted by Gasteiger charge is 2.79. The number of aliphatic hydroxyl groups excluding tert-OH is 1. The van der Waals surface area contributed by atoms with Crippen molar-refractivity contribution in [3.8, 4) is 0 Å². The second-order valence-electron chi connectivity index (χ2n) is 4.61. The summed E-state index contributed by atoms with van der Waals surface area (Å²) in [4.78, 5) is 24.4. The van der Waals surface area contributed by atoms with Crippen molar-refractivity contribution in [2.75, 3.05) is 0 Å². The van der Waals surface area contributed by atoms with E-state index in [1.54, 1.807) is 0 Å². The molecule has 3 rings (SSSR count). The minimum atomic E-state index is -3.06. The number of H-pyrrole nitrogens is 1. The first-order chi connectivity index (χ1) is 8.36. The van der Waals surface area contributed by atoms with E-state index in [1.807, 2.05) is 4.98 Å². The van der Waals surface area contributed by atoms with Crippen molar-refractivity contribution >= 4 is 0 Å². The molecule has 1 aromatic heterocycles. The van der Waals surface area contributed by atoms with Crippen molar-refractivity contribution in [1.82, 2.24) is 9.55 Å². The first-order valence-electron chi connectivity index (χ1n) is 5.41. The quantitative estimate of drug-likeness (QED) is 0.719. The fourth-order valence-electron chi connectivity index (χ4n) is 2.35. The van der Waals surface area contributed by atoms with Gasteiger partial charge in [-0.1, -0.05) is 0 Å². The van der Waals surface area contributed by atoms with Gasteiger partial charge in [0, 0.05) is 18.7 Å². The molecule has 0 aromatic carbocycles. The molecule has 2 heterocycles. The largest absolute Gasteiger partial charge is 0.390 e. The van der Waals surface area contributed by atoms with Crippen molar-refractivity contribution in [3.63, 3.8) is 0 Å². The molecule has 1 aliphatic heterocycles. The summed E-state index contributed by atoms with van der Waals surface area (Å²) in [5, 5.41) is 9.64. The summed E-state index contributed by atoms with van der Waals surface area (Å²) in [5.41, 5.74) is -3.20. The predicted molar refractivity (Wildman–Crippen MR) is 54.4 cm³/mol. The molecule has 1 aliphatic carbocycles. The molecule has 8 heteroatoms. The maximum Gasteiger partial charge on any atom is 0.330 e. The van der Waals surface area contributed by atoms with Crippen LogP contribution < -0.4 is 11.2 Å². The Bertz CT molecular complexity index is 610. The van der Waals surface area contributed by atoms with Crippen molar-refractivity contribution in [2.45, 2.75) is 36.7 Å². The predicted octanol–water partition coefficient (Wildman–Crippen LogP) is -0.406. The van der Waals surface area contributed by atoms with Crippen LogP contribution in [0.25, 0.3) is 0 Å². The van der Waals surface area contributed by atoms with E-state index in [9.17, 15) is 23.5 Å². The molecule has 1 spiro atoms. The third-order valence-corrected chi connectivity index (χ3v) is 3.45. The van der Waals surface area contributed by atoms with E-state index in [2.05, 4.69) is 0 Å². The highest BCUT2D eigenvalue weighted by molar-refractivity contribution is 5.20. The Morgan fingerprint density at radius 1 is 1.50 bits per heavy atom. The van der Waals surface area contributed by atoms with Gasteiger partial charge in [0.25, 0.3) is 11.5 Å². The van der Waals surface area contributed by atoms with Gasteiger partial charge in [-0.25, -0.2) is 13.6 Å². The maximum atomic E-state index is 13.2. The Labute approximate surface area is 98.8 Å². The highest BCUT2D eigenvalue weighted by Crippen LogP contribution is 2.63. The first-order valence-corrected chi connectivity index (χ1v) is 5.41. The van der Waals surface area contributed by atoms with Gasteiger partial charge in [-0.3, -0.25) is 14.3 Å². The smallest absolute Gasteiger partial charge is 0.330 e. The van der Waals surface area contributed by atoms with Crippen LogP contribution in [0.4, 0.5) is 8.78 Å². The fourth-order valence-corrected chi connectivity index (χ4v) is 2.35. The maximum absolute atomic E-state index is 13.2. The summed E-state index contributed by atoms with van der Waals surface area (Å²) < 4.78 is 32.5. The SMILES string of the molecule is O=c1ccn([C@H]2C[C@H](O)[C@]3(CC3(F)F)O2)c(=O)[nH]1. The van der Waals surface area contributed by atoms with Gasteiger partial charge >= 0.3 is 5.69 Å². The Kier molecular flexibility index (Phi) is 2.09. The first kappa shape index (κ1) is 11.5. The van der Waals surface area contributed by atoms with Crippen LogP contribution in [0.5, 0.6) is 0 Å². The molecule has 1 saturated carbocycles. The second-order valence-corrected chi connectivity index (χ2v) is 4.61. The Morgan fingerprint density at radius 3 is 2.67 bits per heavy atom. The van der Waals surface area contributed by atoms with E-state index in [4.69, 9.17) is 4.74 Å². The molecule has 0 unspecified atom stereocenters. The molecule has 2 aliphatic rings. The van der Waals surface area contributed by atoms with Gasteiger partial charge in [-0.2, -0.15) is 0 Å². The van der Waals surface area contributed by atoms with E-state index in [1.165, 1.54) is 0 Å². The number of alkyl halides is 2. The van der Waals surface area contributed by atoms with Crippen LogP contribution in [0.1, 0.15) is 19.1 Å². The number of aromatic amines is 1. The molecule has 0 bridgehead atoms. The zero-order valence-corrected chi connectivity index (χ0v) is 9.10. The Morgan fingerprint density at radius 2 is 2.17 bits per heavy atom. The van der Waals surface area contributed by atoms with Gasteiger partial charge in [0.1, 0.15) is 6.23 Å². The van der Waals surface area contributed by atoms with Crippen LogP contribution in [-0.2, 0) is 4.74 Å². The van der Waals surface area contributed by atoms with Crippen LogP contribution in [-0.4, -0.2) is 32.3 Å². The molecule has 2 N–H and O–H groups in total. The van der Waals surface area contributed by atoms with Crippen LogP contribution in [0.15, 0.2) is 21.9 Å². The van der Waals surface area contributed by atoms with Gasteiger partial charge in [-0.05, 0) is 0 Å². The normalized spacial score (nSPS) is 37.1. The summed E-state index contributed by atoms with van der Waals surface area (Å²) in [5.74, 6) is -3.06. The van der Waals surface area contributed by atoms with Crippen LogP contribution >= 0.6 is 0 Å². The van der Waals surface area contributed by atoms with Crippen LogP contribution in [0.2, 0.25) is 0 Å². The lowest BCUT2D eigenvalue weighted by molar-refractivity contribution is -0.0994. The van der Waals surface area contributed by atoms with Crippen molar-refractivity contribution in [1.29, 1.82) is 0 Å². The van der Waals surface area contributed by atoms with Gasteiger partial charge < -0.3 is 9.84 Å². The topological polar surface area (TPSA) is 84.3 Å². The summed E-state index contributed by atoms with van der Waals surface area (Å²) in [7, 11) is 0. The van der Waals surface area contributed by atoms with E-state index in [0.29, 0.717) is 0 Å². The summed E-state index contributed by atoms with van der Waals surface area (Å²) in [6, 6.07) is 1.09. The Balaban J connectivity index is 1.93. The van der Waals surface area contributed by atoms with Crippen molar-refractivity contribution in [2.24, 2.45) is 0 Å². The van der Waals surface area contributed by atoms with E-state index < -0.39 is 41.5 Å². The zero-order valence-electron chi connectivity index (χ0n) is 9.10. The number of aliphatic hydroxyl groups is 1. The number of nitrogens with zero attached hydrogens (tertiary/aromatic N) is 1. The van der Waals surface area contributed by atoms with E-state index >= 15 is 0 Å². The number of hydrogen-bond donors (Lipinski definition) is 2. The molecule has 1 saturated heterocycles. The highest BCUT2D eigenvalue weighted by atomic mass is 19.3. The third-order valence-electron chi connectivity index (χ3n) is 3.45. The van der Waals surface area contributed by atoms with Crippen molar-refractivity contribution in [3.05, 3.63) is 33.1 Å². The van der Waals surface area contributed by atoms with Crippen molar-refractivity contribution < 1.29 is 18.6 Å². The lowest BCUT2D eigenvalue weighted by atomic mass is 10.1. The number of halogens is 2. The molecule has 98 valence electrons. The molecule has 1 aromatic rings. The number of rotatable bonds is 1. The summed E-state index contributed by atoms with van der Waals surface area (Å²) >= 11 is 0. The molecule has 3 atom stereocenters. The minimum Gasteiger partial charge on any atom is -0.390 e. The van der Waals surface area contributed by atoms with E-state index in [0.717, 1.165) is 16.8 Å². The molecule has 0 amide bonds. The summed E-state index contributed by atoms with van der Waals surface area (Å²) in [6.07, 6.45) is -1.80. The van der Waals surface area contributed by atoms with Gasteiger partial charge in [0.15, 0.2) is 5.60 Å². The molecule has 18 heavy (non-hydrogen) atoms. The average Bonchev–Trinajstić information content (AvgIpc) is 2.64. The van der Waals surface area contributed by atoms with Gasteiger partial charge in [-0.15, -0.1) is 0 Å². The second kappa shape index (κ2) is 3.27. The molecule has 2 fully saturated rings. The molecular weight excluding hydrogens is 250 g/mol. The van der Waals surface area contributed by atoms with Crippen LogP contribution in [0.3, 0.4) is 0 Å². The molecule has 6 nitrogen and oxygen atoms in total. The zero-order chi connectivity index (χ0) is 13.1. The monoisotopic (exact) mass is 260 g/mol. The summed E-state index contributed by atoms with van der Waals surface area (Å²) in [6.45, 7) is 0. The molecule has 0 radical (unpaired) electrons. The number of ether oxygens (including phenoxy) is 1. The number of aromatic nitrogens is 2. The average molecular weight is 260 g/mol.